The third-order valence-electron chi connectivity index (χ3n) is 9.16. The Morgan fingerprint density at radius 3 is 1.78 bits per heavy atom. The fraction of sp³-hybridized carbons (Fsp3) is 0.632. The van der Waals surface area contributed by atoms with E-state index in [1.165, 1.54) is 18.6 Å². The molecule has 0 spiro atoms. The highest BCUT2D eigenvalue weighted by molar-refractivity contribution is 5.97. The molecule has 1 saturated heterocycles. The van der Waals surface area contributed by atoms with Crippen LogP contribution in [0.1, 0.15) is 136 Å². The van der Waals surface area contributed by atoms with Crippen LogP contribution in [0.25, 0.3) is 0 Å². The second-order valence-electron chi connectivity index (χ2n) is 13.2. The molecule has 12 heteroatoms. The van der Waals surface area contributed by atoms with E-state index in [9.17, 15) is 45.3 Å². The van der Waals surface area contributed by atoms with Crippen LogP contribution in [0.2, 0.25) is 0 Å². The number of aromatic hydroxyl groups is 2. The lowest BCUT2D eigenvalue weighted by atomic mass is 9.97. The Morgan fingerprint density at radius 2 is 1.24 bits per heavy atom. The topological polar surface area (TPSA) is 203 Å². The minimum atomic E-state index is -1.78. The Labute approximate surface area is 294 Å². The molecule has 0 radical (unpaired) electrons. The van der Waals surface area contributed by atoms with Crippen molar-refractivity contribution in [2.75, 3.05) is 6.61 Å². The Kier molecular flexibility index (Phi) is 17.3. The molecule has 0 aliphatic carbocycles. The van der Waals surface area contributed by atoms with Crippen LogP contribution in [0.5, 0.6) is 23.0 Å². The molecule has 5 unspecified atom stereocenters. The van der Waals surface area contributed by atoms with E-state index in [1.54, 1.807) is 0 Å². The highest BCUT2D eigenvalue weighted by Gasteiger charge is 2.45. The fourth-order valence-electron chi connectivity index (χ4n) is 6.33. The smallest absolute Gasteiger partial charge is 0.347 e. The molecule has 1 fully saturated rings. The molecular weight excluding hydrogens is 648 g/mol. The number of phenolic OH excluding ortho intramolecular Hbond substituents is 1. The summed E-state index contributed by atoms with van der Waals surface area (Å²) in [6, 6.07) is 5.02. The van der Waals surface area contributed by atoms with E-state index in [1.807, 2.05) is 0 Å². The van der Waals surface area contributed by atoms with Gasteiger partial charge in [0, 0.05) is 12.1 Å². The lowest BCUT2D eigenvalue weighted by Gasteiger charge is -2.39. The Hall–Kier alpha value is -3.42. The zero-order valence-electron chi connectivity index (χ0n) is 29.4. The lowest BCUT2D eigenvalue weighted by Crippen LogP contribution is -2.60. The number of ether oxygens (including phenoxy) is 3. The second kappa shape index (κ2) is 21.1. The van der Waals surface area contributed by atoms with E-state index in [0.29, 0.717) is 36.8 Å². The Balaban J connectivity index is 1.91. The van der Waals surface area contributed by atoms with Crippen LogP contribution in [-0.4, -0.2) is 85.0 Å². The first-order valence-electron chi connectivity index (χ1n) is 18.2. The zero-order valence-corrected chi connectivity index (χ0v) is 29.4. The summed E-state index contributed by atoms with van der Waals surface area (Å²) in [4.78, 5) is 26.0. The molecule has 1 aliphatic heterocycles. The molecule has 50 heavy (non-hydrogen) atoms. The number of aromatic carboxylic acids is 1. The molecule has 0 saturated carbocycles. The van der Waals surface area contributed by atoms with Gasteiger partial charge in [0.1, 0.15) is 58.5 Å². The van der Waals surface area contributed by atoms with Gasteiger partial charge in [0.2, 0.25) is 6.29 Å². The predicted octanol–water partition coefficient (Wildman–Crippen LogP) is 5.78. The number of phenols is 2. The van der Waals surface area contributed by atoms with E-state index < -0.39 is 55.0 Å². The molecule has 1 heterocycles. The number of hydrogen-bond donors (Lipinski definition) is 7. The van der Waals surface area contributed by atoms with Gasteiger partial charge in [-0.2, -0.15) is 0 Å². The molecule has 3 rings (SSSR count). The van der Waals surface area contributed by atoms with E-state index in [4.69, 9.17) is 14.2 Å². The molecule has 280 valence electrons. The van der Waals surface area contributed by atoms with E-state index in [2.05, 4.69) is 13.8 Å². The number of benzene rings is 2. The summed E-state index contributed by atoms with van der Waals surface area (Å²) in [7, 11) is 0. The highest BCUT2D eigenvalue weighted by atomic mass is 16.7. The number of carboxylic acid groups (broad SMARTS) is 1. The maximum absolute atomic E-state index is 13.9. The normalized spacial score (nSPS) is 20.5. The van der Waals surface area contributed by atoms with Crippen molar-refractivity contribution in [2.45, 2.75) is 147 Å². The average molecular weight is 705 g/mol. The van der Waals surface area contributed by atoms with Gasteiger partial charge in [-0.3, -0.25) is 0 Å². The van der Waals surface area contributed by atoms with Crippen molar-refractivity contribution in [2.24, 2.45) is 0 Å². The average Bonchev–Trinajstić information content (AvgIpc) is 3.07. The number of aliphatic hydroxyl groups excluding tert-OH is 4. The summed E-state index contributed by atoms with van der Waals surface area (Å²) in [6.45, 7) is 3.60. The first-order chi connectivity index (χ1) is 24.0. The van der Waals surface area contributed by atoms with Crippen molar-refractivity contribution in [3.63, 3.8) is 0 Å². The van der Waals surface area contributed by atoms with Gasteiger partial charge in [-0.1, -0.05) is 90.9 Å². The van der Waals surface area contributed by atoms with Crippen molar-refractivity contribution in [1.29, 1.82) is 0 Å². The minimum Gasteiger partial charge on any atom is -0.508 e. The van der Waals surface area contributed by atoms with Gasteiger partial charge in [0.25, 0.3) is 0 Å². The molecule has 2 aromatic carbocycles. The van der Waals surface area contributed by atoms with E-state index in [0.717, 1.165) is 82.8 Å². The maximum atomic E-state index is 13.9. The summed E-state index contributed by atoms with van der Waals surface area (Å²) in [6.07, 6.45) is 6.75. The van der Waals surface area contributed by atoms with Gasteiger partial charge in [0.15, 0.2) is 0 Å². The van der Waals surface area contributed by atoms with Gasteiger partial charge >= 0.3 is 11.9 Å². The van der Waals surface area contributed by atoms with Gasteiger partial charge in [0.05, 0.1) is 6.61 Å². The maximum Gasteiger partial charge on any atom is 0.347 e. The summed E-state index contributed by atoms with van der Waals surface area (Å²) in [5.74, 6) is -3.38. The molecule has 1 aliphatic rings. The molecule has 0 bridgehead atoms. The number of aliphatic hydroxyl groups is 4. The largest absolute Gasteiger partial charge is 0.508 e. The number of hydrogen-bond acceptors (Lipinski definition) is 11. The Morgan fingerprint density at radius 1 is 0.700 bits per heavy atom. The van der Waals surface area contributed by atoms with Crippen molar-refractivity contribution in [1.82, 2.24) is 0 Å². The number of aryl methyl sites for hydroxylation is 2. The second-order valence-corrected chi connectivity index (χ2v) is 13.2. The third kappa shape index (κ3) is 11.8. The summed E-state index contributed by atoms with van der Waals surface area (Å²) < 4.78 is 17.1. The summed E-state index contributed by atoms with van der Waals surface area (Å²) in [5, 5.41) is 71.9. The summed E-state index contributed by atoms with van der Waals surface area (Å²) in [5.41, 5.74) is 0.325. The summed E-state index contributed by atoms with van der Waals surface area (Å²) >= 11 is 0. The fourth-order valence-corrected chi connectivity index (χ4v) is 6.33. The van der Waals surface area contributed by atoms with Crippen molar-refractivity contribution < 1.29 is 59.5 Å². The first kappa shape index (κ1) is 41.0. The van der Waals surface area contributed by atoms with Crippen molar-refractivity contribution in [3.05, 3.63) is 46.5 Å². The van der Waals surface area contributed by atoms with Crippen LogP contribution in [-0.2, 0) is 17.6 Å². The van der Waals surface area contributed by atoms with Crippen molar-refractivity contribution >= 4 is 11.9 Å². The number of carboxylic acids is 1. The number of rotatable bonds is 22. The minimum absolute atomic E-state index is 0.0933. The van der Waals surface area contributed by atoms with Crippen LogP contribution in [0.4, 0.5) is 0 Å². The van der Waals surface area contributed by atoms with Crippen LogP contribution in [0, 0.1) is 0 Å². The molecule has 7 N–H and O–H groups in total. The number of unbranched alkanes of at least 4 members (excludes halogenated alkanes) is 12. The third-order valence-corrected chi connectivity index (χ3v) is 9.16. The Bertz CT molecular complexity index is 1360. The van der Waals surface area contributed by atoms with E-state index >= 15 is 0 Å². The monoisotopic (exact) mass is 704 g/mol. The van der Waals surface area contributed by atoms with Crippen LogP contribution in [0.3, 0.4) is 0 Å². The number of esters is 1. The lowest BCUT2D eigenvalue weighted by molar-refractivity contribution is -0.277. The molecule has 2 aromatic rings. The molecule has 0 amide bonds. The molecular formula is C38H56O12. The van der Waals surface area contributed by atoms with Crippen LogP contribution >= 0.6 is 0 Å². The molecule has 5 atom stereocenters. The highest BCUT2D eigenvalue weighted by Crippen LogP contribution is 2.35. The molecule has 0 aromatic heterocycles. The van der Waals surface area contributed by atoms with Gasteiger partial charge in [-0.15, -0.1) is 0 Å². The van der Waals surface area contributed by atoms with E-state index in [-0.39, 0.29) is 28.4 Å². The van der Waals surface area contributed by atoms with Crippen LogP contribution in [0.15, 0.2) is 24.3 Å². The van der Waals surface area contributed by atoms with Gasteiger partial charge in [-0.25, -0.2) is 9.59 Å². The standard InChI is InChI=1S/C38H56O12/c1-3-5-7-9-11-13-15-17-24-19-26(40)21-29(49-38-35(44)34(43)33(42)30(23-39)50-38)32(24)37(47)48-27-20-25(31(36(45)46)28(41)22-27)18-16-14-12-10-8-6-4-2/h19-22,30,33-35,38-44H,3-18,23H2,1-2H3,(H,45,46). The SMILES string of the molecule is CCCCCCCCCc1cc(OC(=O)c2c(CCCCCCCCC)cc(O)cc2OC2OC(CO)C(O)C(O)C2O)cc(O)c1C(=O)O. The first-order valence-corrected chi connectivity index (χ1v) is 18.2. The zero-order chi connectivity index (χ0) is 36.6. The van der Waals surface area contributed by atoms with Gasteiger partial charge < -0.3 is 50.0 Å². The van der Waals surface area contributed by atoms with Gasteiger partial charge in [-0.05, 0) is 48.9 Å². The van der Waals surface area contributed by atoms with Crippen molar-refractivity contribution in [3.8, 4) is 23.0 Å². The quantitative estimate of drug-likeness (QED) is 0.0443. The number of carbonyl (C=O) groups excluding carboxylic acids is 1. The van der Waals surface area contributed by atoms with Crippen LogP contribution < -0.4 is 9.47 Å². The number of carbonyl (C=O) groups is 2. The molecule has 12 nitrogen and oxygen atoms in total. The predicted molar refractivity (Wildman–Crippen MR) is 186 cm³/mol.